The van der Waals surface area contributed by atoms with Crippen LogP contribution in [0.1, 0.15) is 17.3 Å². The largest absolute Gasteiger partial charge is 0.472 e. The Hall–Kier alpha value is -1.68. The maximum Gasteiger partial charge on any atom is 0.146 e. The van der Waals surface area contributed by atoms with Crippen molar-refractivity contribution in [2.75, 3.05) is 0 Å². The summed E-state index contributed by atoms with van der Waals surface area (Å²) in [6.45, 7) is 0. The summed E-state index contributed by atoms with van der Waals surface area (Å²) in [7, 11) is 0. The van der Waals surface area contributed by atoms with Crippen LogP contribution in [0.15, 0.2) is 41.3 Å². The van der Waals surface area contributed by atoms with E-state index in [1.165, 1.54) is 30.9 Å². The van der Waals surface area contributed by atoms with Gasteiger partial charge >= 0.3 is 0 Å². The van der Waals surface area contributed by atoms with Crippen LogP contribution in [0.4, 0.5) is 4.39 Å². The molecule has 2 N–H and O–H groups in total. The van der Waals surface area contributed by atoms with Gasteiger partial charge in [-0.1, -0.05) is 0 Å². The minimum Gasteiger partial charge on any atom is -0.472 e. The summed E-state index contributed by atoms with van der Waals surface area (Å²) >= 11 is 0. The second-order valence-electron chi connectivity index (χ2n) is 2.90. The number of hydrogen-bond acceptors (Lipinski definition) is 3. The average Bonchev–Trinajstić information content (AvgIpc) is 2.70. The van der Waals surface area contributed by atoms with E-state index < -0.39 is 11.9 Å². The predicted octanol–water partition coefficient (Wildman–Crippen LogP) is 1.86. The molecule has 0 saturated heterocycles. The molecular weight excluding hydrogens is 183 g/mol. The number of pyridine rings is 1. The van der Waals surface area contributed by atoms with Gasteiger partial charge in [-0.2, -0.15) is 0 Å². The summed E-state index contributed by atoms with van der Waals surface area (Å²) in [5.41, 5.74) is 6.74. The van der Waals surface area contributed by atoms with Crippen LogP contribution in [-0.2, 0) is 0 Å². The second-order valence-corrected chi connectivity index (χ2v) is 2.90. The van der Waals surface area contributed by atoms with E-state index in [0.29, 0.717) is 5.56 Å². The van der Waals surface area contributed by atoms with Crippen molar-refractivity contribution in [1.29, 1.82) is 0 Å². The Kier molecular flexibility index (Phi) is 2.28. The molecule has 0 aliphatic carbocycles. The van der Waals surface area contributed by atoms with Gasteiger partial charge in [0.25, 0.3) is 0 Å². The zero-order chi connectivity index (χ0) is 9.97. The summed E-state index contributed by atoms with van der Waals surface area (Å²) < 4.78 is 18.1. The van der Waals surface area contributed by atoms with Crippen LogP contribution in [0.5, 0.6) is 0 Å². The van der Waals surface area contributed by atoms with Gasteiger partial charge in [-0.3, -0.25) is 4.98 Å². The number of furan rings is 1. The van der Waals surface area contributed by atoms with Crippen molar-refractivity contribution in [3.8, 4) is 0 Å². The highest BCUT2D eigenvalue weighted by atomic mass is 19.1. The van der Waals surface area contributed by atoms with Crippen molar-refractivity contribution in [2.24, 2.45) is 5.73 Å². The molecule has 0 aliphatic rings. The zero-order valence-corrected chi connectivity index (χ0v) is 7.35. The van der Waals surface area contributed by atoms with Crippen LogP contribution >= 0.6 is 0 Å². The Labute approximate surface area is 80.4 Å². The van der Waals surface area contributed by atoms with Crippen LogP contribution in [-0.4, -0.2) is 4.98 Å². The van der Waals surface area contributed by atoms with Gasteiger partial charge in [-0.25, -0.2) is 4.39 Å². The Balaban J connectivity index is 2.37. The Morgan fingerprint density at radius 1 is 1.43 bits per heavy atom. The molecule has 14 heavy (non-hydrogen) atoms. The van der Waals surface area contributed by atoms with Crippen LogP contribution in [0, 0.1) is 5.82 Å². The molecule has 0 bridgehead atoms. The van der Waals surface area contributed by atoms with Gasteiger partial charge in [0.1, 0.15) is 5.82 Å². The number of halogens is 1. The van der Waals surface area contributed by atoms with Gasteiger partial charge in [0.05, 0.1) is 24.3 Å². The molecule has 0 fully saturated rings. The standard InChI is InChI=1S/C10H9FN2O/c11-8-2-1-4-13-10(8)9(12)7-3-5-14-6-7/h1-6,9H,12H2. The van der Waals surface area contributed by atoms with Gasteiger partial charge in [-0.15, -0.1) is 0 Å². The molecule has 2 rings (SSSR count). The lowest BCUT2D eigenvalue weighted by molar-refractivity contribution is 0.556. The van der Waals surface area contributed by atoms with Crippen molar-refractivity contribution in [1.82, 2.24) is 4.98 Å². The van der Waals surface area contributed by atoms with E-state index in [-0.39, 0.29) is 5.69 Å². The zero-order valence-electron chi connectivity index (χ0n) is 7.35. The third kappa shape index (κ3) is 1.52. The predicted molar refractivity (Wildman–Crippen MR) is 48.9 cm³/mol. The fraction of sp³-hybridized carbons (Fsp3) is 0.100. The lowest BCUT2D eigenvalue weighted by atomic mass is 10.1. The number of hydrogen-bond donors (Lipinski definition) is 1. The quantitative estimate of drug-likeness (QED) is 0.790. The van der Waals surface area contributed by atoms with Crippen molar-refractivity contribution < 1.29 is 8.81 Å². The molecular formula is C10H9FN2O. The highest BCUT2D eigenvalue weighted by Gasteiger charge is 2.15. The molecule has 0 amide bonds. The maximum atomic E-state index is 13.3. The highest BCUT2D eigenvalue weighted by molar-refractivity contribution is 5.24. The Morgan fingerprint density at radius 2 is 2.29 bits per heavy atom. The Bertz CT molecular complexity index is 414. The molecule has 72 valence electrons. The van der Waals surface area contributed by atoms with Crippen molar-refractivity contribution in [3.63, 3.8) is 0 Å². The molecule has 0 aliphatic heterocycles. The van der Waals surface area contributed by atoms with E-state index in [2.05, 4.69) is 4.98 Å². The first-order chi connectivity index (χ1) is 6.79. The van der Waals surface area contributed by atoms with Crippen molar-refractivity contribution in [3.05, 3.63) is 54.0 Å². The summed E-state index contributed by atoms with van der Waals surface area (Å²) in [5, 5.41) is 0. The molecule has 2 heterocycles. The van der Waals surface area contributed by atoms with E-state index in [0.717, 1.165) is 0 Å². The summed E-state index contributed by atoms with van der Waals surface area (Å²) in [6, 6.07) is 3.98. The Morgan fingerprint density at radius 3 is 2.93 bits per heavy atom. The molecule has 1 unspecified atom stereocenters. The van der Waals surface area contributed by atoms with Gasteiger partial charge in [-0.05, 0) is 18.2 Å². The van der Waals surface area contributed by atoms with E-state index in [4.69, 9.17) is 10.2 Å². The van der Waals surface area contributed by atoms with E-state index in [1.54, 1.807) is 6.07 Å². The molecule has 2 aromatic heterocycles. The van der Waals surface area contributed by atoms with E-state index >= 15 is 0 Å². The first kappa shape index (κ1) is 8.90. The highest BCUT2D eigenvalue weighted by Crippen LogP contribution is 2.19. The molecule has 0 aromatic carbocycles. The van der Waals surface area contributed by atoms with Crippen LogP contribution < -0.4 is 5.73 Å². The minimum absolute atomic E-state index is 0.230. The van der Waals surface area contributed by atoms with Gasteiger partial charge in [0.15, 0.2) is 0 Å². The third-order valence-electron chi connectivity index (χ3n) is 1.98. The average molecular weight is 192 g/mol. The van der Waals surface area contributed by atoms with Crippen molar-refractivity contribution in [2.45, 2.75) is 6.04 Å². The maximum absolute atomic E-state index is 13.3. The molecule has 0 spiro atoms. The van der Waals surface area contributed by atoms with Crippen molar-refractivity contribution >= 4 is 0 Å². The monoisotopic (exact) mass is 192 g/mol. The summed E-state index contributed by atoms with van der Waals surface area (Å²) in [5.74, 6) is -0.402. The molecule has 2 aromatic rings. The first-order valence-corrected chi connectivity index (χ1v) is 4.17. The SMILES string of the molecule is NC(c1ccoc1)c1ncccc1F. The van der Waals surface area contributed by atoms with Gasteiger partial charge in [0.2, 0.25) is 0 Å². The molecule has 4 heteroatoms. The van der Waals surface area contributed by atoms with Gasteiger partial charge in [0, 0.05) is 11.8 Å². The van der Waals surface area contributed by atoms with Crippen LogP contribution in [0.25, 0.3) is 0 Å². The number of nitrogens with zero attached hydrogens (tertiary/aromatic N) is 1. The van der Waals surface area contributed by atoms with E-state index in [9.17, 15) is 4.39 Å². The molecule has 0 saturated carbocycles. The number of aromatic nitrogens is 1. The smallest absolute Gasteiger partial charge is 0.146 e. The first-order valence-electron chi connectivity index (χ1n) is 4.17. The molecule has 3 nitrogen and oxygen atoms in total. The topological polar surface area (TPSA) is 52.0 Å². The molecule has 0 radical (unpaired) electrons. The van der Waals surface area contributed by atoms with E-state index in [1.807, 2.05) is 0 Å². The third-order valence-corrected chi connectivity index (χ3v) is 1.98. The lowest BCUT2D eigenvalue weighted by Crippen LogP contribution is -2.14. The fourth-order valence-electron chi connectivity index (χ4n) is 1.24. The summed E-state index contributed by atoms with van der Waals surface area (Å²) in [6.07, 6.45) is 4.49. The lowest BCUT2D eigenvalue weighted by Gasteiger charge is -2.08. The summed E-state index contributed by atoms with van der Waals surface area (Å²) in [4.78, 5) is 3.89. The van der Waals surface area contributed by atoms with Gasteiger partial charge < -0.3 is 10.2 Å². The number of nitrogens with two attached hydrogens (primary N) is 1. The molecule has 1 atom stereocenters. The number of rotatable bonds is 2. The normalized spacial score (nSPS) is 12.7. The van der Waals surface area contributed by atoms with Crippen LogP contribution in [0.3, 0.4) is 0 Å². The van der Waals surface area contributed by atoms with Crippen LogP contribution in [0.2, 0.25) is 0 Å². The second kappa shape index (κ2) is 3.59. The minimum atomic E-state index is -0.574. The fourth-order valence-corrected chi connectivity index (χ4v) is 1.24.